The van der Waals surface area contributed by atoms with Crippen LogP contribution in [0.3, 0.4) is 0 Å². The molecule has 0 spiro atoms. The van der Waals surface area contributed by atoms with E-state index < -0.39 is 34.7 Å². The molecule has 0 aliphatic carbocycles. The second-order valence-electron chi connectivity index (χ2n) is 8.49. The van der Waals surface area contributed by atoms with Crippen LogP contribution in [0, 0.1) is 6.92 Å². The number of benzene rings is 4. The van der Waals surface area contributed by atoms with Gasteiger partial charge in [-0.1, -0.05) is 60.2 Å². The summed E-state index contributed by atoms with van der Waals surface area (Å²) in [6.07, 6.45) is -5.01. The molecule has 0 saturated heterocycles. The molecule has 0 bridgehead atoms. The average molecular weight is 516 g/mol. The summed E-state index contributed by atoms with van der Waals surface area (Å²) in [4.78, 5) is 25.6. The Morgan fingerprint density at radius 3 is 2.08 bits per heavy atom. The number of hydrogen-bond acceptors (Lipinski definition) is 5. The Morgan fingerprint density at radius 2 is 1.42 bits per heavy atom. The summed E-state index contributed by atoms with van der Waals surface area (Å²) in [5, 5.41) is -0.160. The number of ether oxygens (including phenoxy) is 2. The molecule has 5 aromatic rings. The number of fused-ring (bicyclic) bond motifs is 1. The number of carbonyl (C=O) groups is 1. The lowest BCUT2D eigenvalue weighted by atomic mass is 10.0. The van der Waals surface area contributed by atoms with E-state index in [4.69, 9.17) is 13.9 Å². The molecule has 1 heterocycles. The van der Waals surface area contributed by atoms with Gasteiger partial charge in [0.15, 0.2) is 0 Å². The van der Waals surface area contributed by atoms with Gasteiger partial charge in [0.2, 0.25) is 11.2 Å². The predicted octanol–water partition coefficient (Wildman–Crippen LogP) is 7.80. The molecule has 0 N–H and O–H groups in total. The van der Waals surface area contributed by atoms with Crippen molar-refractivity contribution in [3.63, 3.8) is 0 Å². The largest absolute Gasteiger partial charge is 0.453 e. The van der Waals surface area contributed by atoms with E-state index in [1.54, 1.807) is 43.3 Å². The SMILES string of the molecule is Cc1ccc(Oc2c(C(F)(F)F)oc3cc(OC(=O)c4ccc(-c5ccccc5)cc4)ccc3c2=O)cc1. The van der Waals surface area contributed by atoms with Crippen LogP contribution in [-0.2, 0) is 6.18 Å². The van der Waals surface area contributed by atoms with Crippen LogP contribution < -0.4 is 14.9 Å². The first kappa shape index (κ1) is 24.8. The molecule has 0 fully saturated rings. The van der Waals surface area contributed by atoms with Crippen LogP contribution in [0.5, 0.6) is 17.2 Å². The van der Waals surface area contributed by atoms with Crippen LogP contribution in [0.1, 0.15) is 21.7 Å². The van der Waals surface area contributed by atoms with Crippen LogP contribution in [0.4, 0.5) is 13.2 Å². The Balaban J connectivity index is 1.44. The maximum absolute atomic E-state index is 13.8. The molecule has 1 aromatic heterocycles. The molecule has 190 valence electrons. The summed E-state index contributed by atoms with van der Waals surface area (Å²) >= 11 is 0. The first-order valence-corrected chi connectivity index (χ1v) is 11.5. The van der Waals surface area contributed by atoms with E-state index in [1.165, 1.54) is 24.3 Å². The lowest BCUT2D eigenvalue weighted by molar-refractivity contribution is -0.154. The highest BCUT2D eigenvalue weighted by molar-refractivity contribution is 5.92. The summed E-state index contributed by atoms with van der Waals surface area (Å²) in [6.45, 7) is 1.81. The van der Waals surface area contributed by atoms with Crippen molar-refractivity contribution in [2.24, 2.45) is 0 Å². The summed E-state index contributed by atoms with van der Waals surface area (Å²) < 4.78 is 57.2. The van der Waals surface area contributed by atoms with Gasteiger partial charge in [-0.2, -0.15) is 13.2 Å². The topological polar surface area (TPSA) is 65.7 Å². The third-order valence-electron chi connectivity index (χ3n) is 5.76. The number of halogens is 3. The fourth-order valence-corrected chi connectivity index (χ4v) is 3.82. The fraction of sp³-hybridized carbons (Fsp3) is 0.0667. The molecule has 0 radical (unpaired) electrons. The van der Waals surface area contributed by atoms with Crippen molar-refractivity contribution < 1.29 is 31.9 Å². The van der Waals surface area contributed by atoms with Gasteiger partial charge in [0, 0.05) is 6.07 Å². The molecule has 5 nitrogen and oxygen atoms in total. The molecule has 4 aromatic carbocycles. The van der Waals surface area contributed by atoms with Crippen LogP contribution in [0.15, 0.2) is 106 Å². The van der Waals surface area contributed by atoms with Gasteiger partial charge in [-0.05, 0) is 54.4 Å². The van der Waals surface area contributed by atoms with Gasteiger partial charge in [0.25, 0.3) is 5.76 Å². The van der Waals surface area contributed by atoms with E-state index in [9.17, 15) is 22.8 Å². The molecular formula is C30H19F3O5. The van der Waals surface area contributed by atoms with Crippen molar-refractivity contribution in [1.29, 1.82) is 0 Å². The van der Waals surface area contributed by atoms with E-state index >= 15 is 0 Å². The highest BCUT2D eigenvalue weighted by Crippen LogP contribution is 2.38. The van der Waals surface area contributed by atoms with Crippen molar-refractivity contribution in [2.75, 3.05) is 0 Å². The molecule has 0 amide bonds. The van der Waals surface area contributed by atoms with Crippen molar-refractivity contribution in [3.8, 4) is 28.4 Å². The maximum Gasteiger partial charge on any atom is 0.453 e. The second kappa shape index (κ2) is 9.89. The smallest absolute Gasteiger partial charge is 0.449 e. The van der Waals surface area contributed by atoms with E-state index in [-0.39, 0.29) is 22.4 Å². The molecular weight excluding hydrogens is 497 g/mol. The van der Waals surface area contributed by atoms with Gasteiger partial charge >= 0.3 is 12.1 Å². The number of hydrogen-bond donors (Lipinski definition) is 0. The lowest BCUT2D eigenvalue weighted by Crippen LogP contribution is -2.15. The Morgan fingerprint density at radius 1 is 0.789 bits per heavy atom. The first-order valence-electron chi connectivity index (χ1n) is 11.5. The molecule has 5 rings (SSSR count). The number of alkyl halides is 3. The van der Waals surface area contributed by atoms with E-state index in [0.29, 0.717) is 0 Å². The molecule has 0 atom stereocenters. The lowest BCUT2D eigenvalue weighted by Gasteiger charge is -2.14. The zero-order valence-corrected chi connectivity index (χ0v) is 19.9. The highest BCUT2D eigenvalue weighted by Gasteiger charge is 2.40. The predicted molar refractivity (Wildman–Crippen MR) is 136 cm³/mol. The van der Waals surface area contributed by atoms with Gasteiger partial charge < -0.3 is 13.9 Å². The Kier molecular flexibility index (Phi) is 6.46. The minimum absolute atomic E-state index is 0.0524. The van der Waals surface area contributed by atoms with Crippen LogP contribution in [0.2, 0.25) is 0 Å². The quantitative estimate of drug-likeness (QED) is 0.176. The van der Waals surface area contributed by atoms with Crippen molar-refractivity contribution in [1.82, 2.24) is 0 Å². The zero-order valence-electron chi connectivity index (χ0n) is 19.9. The fourth-order valence-electron chi connectivity index (χ4n) is 3.82. The van der Waals surface area contributed by atoms with Gasteiger partial charge in [-0.15, -0.1) is 0 Å². The molecule has 0 saturated carbocycles. The standard InChI is InChI=1S/C30H19F3O5/c1-18-7-13-22(14-8-18)36-27-26(34)24-16-15-23(17-25(24)38-28(27)30(31,32)33)37-29(35)21-11-9-20(10-12-21)19-5-3-2-4-6-19/h2-17H,1H3. The van der Waals surface area contributed by atoms with Crippen LogP contribution >= 0.6 is 0 Å². The van der Waals surface area contributed by atoms with E-state index in [0.717, 1.165) is 22.8 Å². The highest BCUT2D eigenvalue weighted by atomic mass is 19.4. The Hall–Kier alpha value is -4.85. The van der Waals surface area contributed by atoms with Crippen LogP contribution in [0.25, 0.3) is 22.1 Å². The van der Waals surface area contributed by atoms with Gasteiger partial charge in [-0.25, -0.2) is 4.79 Å². The van der Waals surface area contributed by atoms with E-state index in [1.807, 2.05) is 30.3 Å². The zero-order chi connectivity index (χ0) is 26.9. The van der Waals surface area contributed by atoms with Gasteiger partial charge in [-0.3, -0.25) is 4.79 Å². The normalized spacial score (nSPS) is 11.4. The maximum atomic E-state index is 13.8. The summed E-state index contributed by atoms with van der Waals surface area (Å²) in [7, 11) is 0. The van der Waals surface area contributed by atoms with Crippen LogP contribution in [-0.4, -0.2) is 5.97 Å². The third-order valence-corrected chi connectivity index (χ3v) is 5.76. The second-order valence-corrected chi connectivity index (χ2v) is 8.49. The first-order chi connectivity index (χ1) is 18.2. The van der Waals surface area contributed by atoms with Gasteiger partial charge in [0.05, 0.1) is 10.9 Å². The molecule has 8 heteroatoms. The molecule has 0 unspecified atom stereocenters. The molecule has 0 aliphatic heterocycles. The van der Waals surface area contributed by atoms with Crippen molar-refractivity contribution >= 4 is 16.9 Å². The van der Waals surface area contributed by atoms with Crippen molar-refractivity contribution in [3.05, 3.63) is 124 Å². The molecule has 0 aliphatic rings. The van der Waals surface area contributed by atoms with E-state index in [2.05, 4.69) is 0 Å². The number of rotatable bonds is 5. The Bertz CT molecular complexity index is 1670. The van der Waals surface area contributed by atoms with Gasteiger partial charge in [0.1, 0.15) is 17.1 Å². The molecule has 38 heavy (non-hydrogen) atoms. The summed E-state index contributed by atoms with van der Waals surface area (Å²) in [5.41, 5.74) is 1.58. The minimum atomic E-state index is -5.01. The minimum Gasteiger partial charge on any atom is -0.449 e. The number of aryl methyl sites for hydroxylation is 1. The summed E-state index contributed by atoms with van der Waals surface area (Å²) in [5.74, 6) is -3.32. The number of carbonyl (C=O) groups excluding carboxylic acids is 1. The Labute approximate surface area is 214 Å². The monoisotopic (exact) mass is 516 g/mol. The average Bonchev–Trinajstić information content (AvgIpc) is 2.91. The number of esters is 1. The summed E-state index contributed by atoms with van der Waals surface area (Å²) in [6, 6.07) is 26.0. The third kappa shape index (κ3) is 5.15. The van der Waals surface area contributed by atoms with Crippen molar-refractivity contribution in [2.45, 2.75) is 13.1 Å².